The number of nitrogen functional groups attached to an aromatic ring is 2. The molecule has 0 aromatic heterocycles. The zero-order valence-corrected chi connectivity index (χ0v) is 11.5. The van der Waals surface area contributed by atoms with Crippen LogP contribution in [0.15, 0.2) is 18.2 Å². The van der Waals surface area contributed by atoms with Gasteiger partial charge < -0.3 is 22.1 Å². The average Bonchev–Trinajstić information content (AvgIpc) is 2.36. The molecule has 0 spiro atoms. The Kier molecular flexibility index (Phi) is 3.28. The van der Waals surface area contributed by atoms with Crippen molar-refractivity contribution < 1.29 is 9.28 Å². The summed E-state index contributed by atoms with van der Waals surface area (Å²) in [7, 11) is 1.89. The number of nitrogens with two attached hydrogens (primary N) is 3. The zero-order valence-electron chi connectivity index (χ0n) is 11.5. The predicted octanol–water partition coefficient (Wildman–Crippen LogP) is 0.585. The highest BCUT2D eigenvalue weighted by atomic mass is 16.2. The third kappa shape index (κ3) is 2.31. The molecule has 6 nitrogen and oxygen atoms in total. The van der Waals surface area contributed by atoms with Gasteiger partial charge in [0.15, 0.2) is 0 Å². The van der Waals surface area contributed by atoms with Crippen LogP contribution in [0.5, 0.6) is 0 Å². The molecule has 2 atom stereocenters. The van der Waals surface area contributed by atoms with E-state index in [2.05, 4.69) is 4.90 Å². The fraction of sp³-hybridized carbons (Fsp3) is 0.462. The van der Waals surface area contributed by atoms with Gasteiger partial charge in [0.1, 0.15) is 12.6 Å². The largest absolute Gasteiger partial charge is 0.414 e. The molecule has 0 saturated carbocycles. The molecule has 1 saturated heterocycles. The summed E-state index contributed by atoms with van der Waals surface area (Å²) in [6.07, 6.45) is 0. The van der Waals surface area contributed by atoms with Gasteiger partial charge in [0.2, 0.25) is 0 Å². The van der Waals surface area contributed by atoms with Crippen molar-refractivity contribution in [2.24, 2.45) is 5.73 Å². The Labute approximate surface area is 113 Å². The highest BCUT2D eigenvalue weighted by molar-refractivity contribution is 5.70. The third-order valence-electron chi connectivity index (χ3n) is 4.23. The van der Waals surface area contributed by atoms with Crippen LogP contribution >= 0.6 is 0 Å². The Morgan fingerprint density at radius 3 is 2.58 bits per heavy atom. The van der Waals surface area contributed by atoms with Gasteiger partial charge in [-0.1, -0.05) is 0 Å². The Morgan fingerprint density at radius 2 is 2.05 bits per heavy atom. The van der Waals surface area contributed by atoms with E-state index in [1.807, 2.05) is 32.2 Å². The van der Waals surface area contributed by atoms with Crippen LogP contribution in [0.4, 0.5) is 21.9 Å². The number of carbonyl (C=O) groups is 1. The van der Waals surface area contributed by atoms with Crippen molar-refractivity contribution in [1.29, 1.82) is 0 Å². The molecular weight excluding hydrogens is 242 g/mol. The van der Waals surface area contributed by atoms with Crippen LogP contribution in [0, 0.1) is 0 Å². The molecule has 1 fully saturated rings. The molecule has 0 bridgehead atoms. The average molecular weight is 264 g/mol. The summed E-state index contributed by atoms with van der Waals surface area (Å²) in [5.41, 5.74) is 19.3. The number of nitrogens with zero attached hydrogens (tertiary/aromatic N) is 2. The molecule has 1 heterocycles. The number of quaternary nitrogens is 1. The molecule has 1 aliphatic heterocycles. The Morgan fingerprint density at radius 1 is 1.37 bits per heavy atom. The first-order valence-corrected chi connectivity index (χ1v) is 6.40. The number of urea groups is 1. The lowest BCUT2D eigenvalue weighted by molar-refractivity contribution is -0.854. The lowest BCUT2D eigenvalue weighted by Crippen LogP contribution is -2.66. The van der Waals surface area contributed by atoms with E-state index >= 15 is 0 Å². The predicted molar refractivity (Wildman–Crippen MR) is 77.6 cm³/mol. The SMILES string of the molecule is CC1CN(c2ccc(N)c(N)c2)CC[N+]1(C)C(N)=O. The second-order valence-electron chi connectivity index (χ2n) is 5.44. The van der Waals surface area contributed by atoms with Gasteiger partial charge in [-0.25, -0.2) is 9.28 Å². The highest BCUT2D eigenvalue weighted by Crippen LogP contribution is 2.26. The lowest BCUT2D eigenvalue weighted by atomic mass is 10.1. The molecule has 1 aromatic rings. The maximum Gasteiger partial charge on any atom is 0.414 e. The molecule has 104 valence electrons. The Balaban J connectivity index is 2.18. The van der Waals surface area contributed by atoms with Gasteiger partial charge in [0, 0.05) is 5.69 Å². The minimum atomic E-state index is -0.274. The van der Waals surface area contributed by atoms with Crippen LogP contribution in [0.1, 0.15) is 6.92 Å². The number of amides is 2. The van der Waals surface area contributed by atoms with Crippen molar-refractivity contribution in [1.82, 2.24) is 0 Å². The van der Waals surface area contributed by atoms with E-state index in [-0.39, 0.29) is 16.6 Å². The maximum absolute atomic E-state index is 11.6. The molecule has 2 unspecified atom stereocenters. The van der Waals surface area contributed by atoms with E-state index in [9.17, 15) is 4.79 Å². The quantitative estimate of drug-likeness (QED) is 0.510. The normalized spacial score (nSPS) is 27.3. The van der Waals surface area contributed by atoms with E-state index in [1.54, 1.807) is 0 Å². The summed E-state index contributed by atoms with van der Waals surface area (Å²) in [6.45, 7) is 4.27. The molecule has 2 amide bonds. The van der Waals surface area contributed by atoms with Gasteiger partial charge >= 0.3 is 6.03 Å². The smallest absolute Gasteiger partial charge is 0.397 e. The van der Waals surface area contributed by atoms with E-state index in [0.29, 0.717) is 17.9 Å². The van der Waals surface area contributed by atoms with Crippen LogP contribution < -0.4 is 22.1 Å². The number of piperazine rings is 1. The minimum absolute atomic E-state index is 0.144. The summed E-state index contributed by atoms with van der Waals surface area (Å²) in [5, 5.41) is 0. The molecule has 2 rings (SSSR count). The maximum atomic E-state index is 11.6. The van der Waals surface area contributed by atoms with Gasteiger partial charge in [-0.15, -0.1) is 0 Å². The van der Waals surface area contributed by atoms with Crippen molar-refractivity contribution in [3.8, 4) is 0 Å². The van der Waals surface area contributed by atoms with E-state index in [0.717, 1.165) is 18.8 Å². The monoisotopic (exact) mass is 264 g/mol. The van der Waals surface area contributed by atoms with Crippen molar-refractivity contribution in [3.63, 3.8) is 0 Å². The summed E-state index contributed by atoms with van der Waals surface area (Å²) < 4.78 is 0.279. The summed E-state index contributed by atoms with van der Waals surface area (Å²) in [5.74, 6) is 0. The first-order valence-electron chi connectivity index (χ1n) is 6.40. The second-order valence-corrected chi connectivity index (χ2v) is 5.44. The number of hydrogen-bond acceptors (Lipinski definition) is 4. The Hall–Kier alpha value is -1.95. The highest BCUT2D eigenvalue weighted by Gasteiger charge is 2.40. The fourth-order valence-corrected chi connectivity index (χ4v) is 2.46. The lowest BCUT2D eigenvalue weighted by Gasteiger charge is -2.44. The first-order chi connectivity index (χ1) is 8.84. The fourth-order valence-electron chi connectivity index (χ4n) is 2.46. The second kappa shape index (κ2) is 4.62. The van der Waals surface area contributed by atoms with Crippen LogP contribution in [0.2, 0.25) is 0 Å². The molecule has 1 aliphatic rings. The summed E-state index contributed by atoms with van der Waals surface area (Å²) in [6, 6.07) is 5.51. The number of rotatable bonds is 1. The summed E-state index contributed by atoms with van der Waals surface area (Å²) in [4.78, 5) is 13.8. The van der Waals surface area contributed by atoms with Crippen molar-refractivity contribution in [3.05, 3.63) is 18.2 Å². The van der Waals surface area contributed by atoms with Crippen molar-refractivity contribution in [2.45, 2.75) is 13.0 Å². The molecule has 19 heavy (non-hydrogen) atoms. The molecular formula is C13H22N5O+. The number of anilines is 3. The topological polar surface area (TPSA) is 98.4 Å². The third-order valence-corrected chi connectivity index (χ3v) is 4.23. The Bertz CT molecular complexity index is 504. The van der Waals surface area contributed by atoms with Gasteiger partial charge in [-0.3, -0.25) is 0 Å². The molecule has 6 N–H and O–H groups in total. The van der Waals surface area contributed by atoms with Gasteiger partial charge in [-0.2, -0.15) is 0 Å². The number of hydrogen-bond donors (Lipinski definition) is 3. The standard InChI is InChI=1S/C13H21N5O/c1-9-8-17(5-6-18(9,2)13(16)19)10-3-4-11(14)12(15)7-10/h3-4,7,9H,5-6,8,14-15H2,1-2H3,(H-,16,19)/p+1. The van der Waals surface area contributed by atoms with Crippen molar-refractivity contribution >= 4 is 23.1 Å². The van der Waals surface area contributed by atoms with Crippen LogP contribution in [0.25, 0.3) is 0 Å². The van der Waals surface area contributed by atoms with Crippen LogP contribution in [-0.4, -0.2) is 43.2 Å². The zero-order chi connectivity index (χ0) is 14.2. The first kappa shape index (κ1) is 13.5. The molecule has 1 aromatic carbocycles. The van der Waals surface area contributed by atoms with E-state index in [1.165, 1.54) is 0 Å². The van der Waals surface area contributed by atoms with Gasteiger partial charge in [-0.05, 0) is 25.1 Å². The molecule has 0 radical (unpaired) electrons. The van der Waals surface area contributed by atoms with Gasteiger partial charge in [0.25, 0.3) is 0 Å². The number of benzene rings is 1. The van der Waals surface area contributed by atoms with E-state index in [4.69, 9.17) is 17.2 Å². The number of carbonyl (C=O) groups excluding carboxylic acids is 1. The number of primary amides is 1. The van der Waals surface area contributed by atoms with Crippen molar-refractivity contribution in [2.75, 3.05) is 43.0 Å². The molecule has 6 heteroatoms. The van der Waals surface area contributed by atoms with Crippen LogP contribution in [-0.2, 0) is 0 Å². The van der Waals surface area contributed by atoms with Gasteiger partial charge in [0.05, 0.1) is 31.5 Å². The van der Waals surface area contributed by atoms with E-state index < -0.39 is 0 Å². The van der Waals surface area contributed by atoms with Crippen LogP contribution in [0.3, 0.4) is 0 Å². The summed E-state index contributed by atoms with van der Waals surface area (Å²) >= 11 is 0. The molecule has 0 aliphatic carbocycles. The number of likely N-dealkylation sites (N-methyl/N-ethyl adjacent to an activating group) is 1. The minimum Gasteiger partial charge on any atom is -0.397 e.